The fraction of sp³-hybridized carbons (Fsp3) is 1.00. The molecule has 0 aromatic rings. The van der Waals surface area contributed by atoms with Gasteiger partial charge in [0, 0.05) is 25.7 Å². The molecule has 2 heterocycles. The third-order valence-corrected chi connectivity index (χ3v) is 5.45. The molecule has 2 aliphatic rings. The van der Waals surface area contributed by atoms with Gasteiger partial charge < -0.3 is 10.5 Å². The van der Waals surface area contributed by atoms with Gasteiger partial charge in [-0.1, -0.05) is 0 Å². The molecule has 0 amide bonds. The Labute approximate surface area is 116 Å². The number of piperidine rings is 1. The molecule has 0 aromatic heterocycles. The van der Waals surface area contributed by atoms with E-state index in [1.54, 1.807) is 4.31 Å². The minimum atomic E-state index is -3.05. The molecule has 6 heteroatoms. The summed E-state index contributed by atoms with van der Waals surface area (Å²) in [6, 6.07) is 0.132. The minimum Gasteiger partial charge on any atom is -0.378 e. The summed E-state index contributed by atoms with van der Waals surface area (Å²) in [6.45, 7) is 2.16. The van der Waals surface area contributed by atoms with Crippen molar-refractivity contribution in [3.05, 3.63) is 0 Å². The quantitative estimate of drug-likeness (QED) is 0.818. The summed E-state index contributed by atoms with van der Waals surface area (Å²) in [4.78, 5) is 0. The number of nitrogens with zero attached hydrogens (tertiary/aromatic N) is 1. The molecule has 0 bridgehead atoms. The molecule has 0 radical (unpaired) electrons. The summed E-state index contributed by atoms with van der Waals surface area (Å²) in [5, 5.41) is 0. The molecule has 2 N–H and O–H groups in total. The molecule has 2 fully saturated rings. The Balaban J connectivity index is 1.78. The van der Waals surface area contributed by atoms with Crippen LogP contribution in [0.1, 0.15) is 38.5 Å². The zero-order valence-electron chi connectivity index (χ0n) is 11.8. The van der Waals surface area contributed by atoms with Gasteiger partial charge in [-0.05, 0) is 44.4 Å². The Hall–Kier alpha value is -0.170. The third kappa shape index (κ3) is 4.70. The Morgan fingerprint density at radius 1 is 1.32 bits per heavy atom. The van der Waals surface area contributed by atoms with Crippen LogP contribution < -0.4 is 5.73 Å². The first-order chi connectivity index (χ1) is 8.95. The zero-order valence-corrected chi connectivity index (χ0v) is 12.6. The van der Waals surface area contributed by atoms with Crippen LogP contribution in [0, 0.1) is 5.92 Å². The molecule has 2 aliphatic heterocycles. The van der Waals surface area contributed by atoms with Gasteiger partial charge in [-0.2, -0.15) is 0 Å². The first-order valence-corrected chi connectivity index (χ1v) is 9.12. The van der Waals surface area contributed by atoms with Gasteiger partial charge >= 0.3 is 0 Å². The summed E-state index contributed by atoms with van der Waals surface area (Å²) >= 11 is 0. The topological polar surface area (TPSA) is 72.6 Å². The summed E-state index contributed by atoms with van der Waals surface area (Å²) in [7, 11) is -3.05. The summed E-state index contributed by atoms with van der Waals surface area (Å²) in [6.07, 6.45) is 7.74. The van der Waals surface area contributed by atoms with E-state index in [-0.39, 0.29) is 6.04 Å². The van der Waals surface area contributed by atoms with Crippen LogP contribution in [0.5, 0.6) is 0 Å². The number of hydrogen-bond donors (Lipinski definition) is 1. The van der Waals surface area contributed by atoms with E-state index < -0.39 is 10.0 Å². The first-order valence-electron chi connectivity index (χ1n) is 7.27. The second-order valence-corrected chi connectivity index (χ2v) is 7.98. The second-order valence-electron chi connectivity index (χ2n) is 6.00. The SMILES string of the molecule is CS(=O)(=O)N1CCCC(CC(N)CC2CCCO2)C1. The predicted octanol–water partition coefficient (Wildman–Crippen LogP) is 0.945. The summed E-state index contributed by atoms with van der Waals surface area (Å²) in [5.41, 5.74) is 6.19. The zero-order chi connectivity index (χ0) is 13.9. The van der Waals surface area contributed by atoms with E-state index >= 15 is 0 Å². The van der Waals surface area contributed by atoms with Crippen LogP contribution in [0.3, 0.4) is 0 Å². The minimum absolute atomic E-state index is 0.132. The van der Waals surface area contributed by atoms with E-state index in [1.807, 2.05) is 0 Å². The van der Waals surface area contributed by atoms with Crippen LogP contribution in [0.4, 0.5) is 0 Å². The number of sulfonamides is 1. The van der Waals surface area contributed by atoms with Crippen LogP contribution in [-0.4, -0.2) is 50.8 Å². The van der Waals surface area contributed by atoms with Gasteiger partial charge in [0.05, 0.1) is 12.4 Å². The normalized spacial score (nSPS) is 31.5. The average molecular weight is 290 g/mol. The van der Waals surface area contributed by atoms with Crippen LogP contribution in [0.15, 0.2) is 0 Å². The van der Waals surface area contributed by atoms with Crippen molar-refractivity contribution >= 4 is 10.0 Å². The molecular formula is C13H26N2O3S. The molecule has 112 valence electrons. The molecule has 3 unspecified atom stereocenters. The van der Waals surface area contributed by atoms with Gasteiger partial charge in [-0.15, -0.1) is 0 Å². The Bertz CT molecular complexity index is 379. The molecule has 3 atom stereocenters. The Morgan fingerprint density at radius 2 is 2.11 bits per heavy atom. The Morgan fingerprint density at radius 3 is 2.74 bits per heavy atom. The van der Waals surface area contributed by atoms with Crippen molar-refractivity contribution in [1.29, 1.82) is 0 Å². The van der Waals surface area contributed by atoms with Gasteiger partial charge in [-0.3, -0.25) is 0 Å². The summed E-state index contributed by atoms with van der Waals surface area (Å²) < 4.78 is 30.3. The molecular weight excluding hydrogens is 264 g/mol. The van der Waals surface area contributed by atoms with E-state index in [1.165, 1.54) is 6.26 Å². The van der Waals surface area contributed by atoms with Crippen molar-refractivity contribution in [2.75, 3.05) is 26.0 Å². The number of ether oxygens (including phenoxy) is 1. The highest BCUT2D eigenvalue weighted by molar-refractivity contribution is 7.88. The van der Waals surface area contributed by atoms with E-state index in [4.69, 9.17) is 10.5 Å². The molecule has 5 nitrogen and oxygen atoms in total. The van der Waals surface area contributed by atoms with E-state index in [0.29, 0.717) is 25.1 Å². The number of rotatable bonds is 5. The maximum atomic E-state index is 11.6. The van der Waals surface area contributed by atoms with Crippen molar-refractivity contribution in [3.63, 3.8) is 0 Å². The fourth-order valence-electron chi connectivity index (χ4n) is 3.21. The molecule has 0 aliphatic carbocycles. The highest BCUT2D eigenvalue weighted by Gasteiger charge is 2.28. The van der Waals surface area contributed by atoms with Crippen LogP contribution >= 0.6 is 0 Å². The predicted molar refractivity (Wildman–Crippen MR) is 75.3 cm³/mol. The van der Waals surface area contributed by atoms with Crippen LogP contribution in [-0.2, 0) is 14.8 Å². The van der Waals surface area contributed by atoms with Gasteiger partial charge in [0.25, 0.3) is 0 Å². The lowest BCUT2D eigenvalue weighted by atomic mass is 9.90. The molecule has 0 saturated carbocycles. The monoisotopic (exact) mass is 290 g/mol. The Kier molecular flexibility index (Phi) is 5.22. The van der Waals surface area contributed by atoms with Crippen LogP contribution in [0.2, 0.25) is 0 Å². The third-order valence-electron chi connectivity index (χ3n) is 4.18. The smallest absolute Gasteiger partial charge is 0.211 e. The lowest BCUT2D eigenvalue weighted by molar-refractivity contribution is 0.0943. The largest absolute Gasteiger partial charge is 0.378 e. The lowest BCUT2D eigenvalue weighted by Crippen LogP contribution is -2.41. The van der Waals surface area contributed by atoms with Crippen LogP contribution in [0.25, 0.3) is 0 Å². The molecule has 0 spiro atoms. The second kappa shape index (κ2) is 6.52. The molecule has 2 rings (SSSR count). The van der Waals surface area contributed by atoms with Gasteiger partial charge in [0.15, 0.2) is 0 Å². The van der Waals surface area contributed by atoms with Crippen molar-refractivity contribution < 1.29 is 13.2 Å². The van der Waals surface area contributed by atoms with Crippen molar-refractivity contribution in [3.8, 4) is 0 Å². The molecule has 19 heavy (non-hydrogen) atoms. The van der Waals surface area contributed by atoms with E-state index in [9.17, 15) is 8.42 Å². The van der Waals surface area contributed by atoms with Gasteiger partial charge in [0.1, 0.15) is 0 Å². The van der Waals surface area contributed by atoms with Crippen molar-refractivity contribution in [2.45, 2.75) is 50.7 Å². The fourth-order valence-corrected chi connectivity index (χ4v) is 4.16. The standard InChI is InChI=1S/C13H26N2O3S/c1-19(16,17)15-6-2-4-11(10-15)8-12(14)9-13-5-3-7-18-13/h11-13H,2-10,14H2,1H3. The van der Waals surface area contributed by atoms with E-state index in [2.05, 4.69) is 0 Å². The first kappa shape index (κ1) is 15.2. The highest BCUT2D eigenvalue weighted by Crippen LogP contribution is 2.25. The molecule has 0 aromatic carbocycles. The van der Waals surface area contributed by atoms with Crippen molar-refractivity contribution in [2.24, 2.45) is 11.7 Å². The maximum absolute atomic E-state index is 11.6. The molecule has 2 saturated heterocycles. The van der Waals surface area contributed by atoms with Crippen molar-refractivity contribution in [1.82, 2.24) is 4.31 Å². The highest BCUT2D eigenvalue weighted by atomic mass is 32.2. The number of nitrogens with two attached hydrogens (primary N) is 1. The van der Waals surface area contributed by atoms with Gasteiger partial charge in [-0.25, -0.2) is 12.7 Å². The summed E-state index contributed by atoms with van der Waals surface area (Å²) in [5.74, 6) is 0.403. The van der Waals surface area contributed by atoms with Gasteiger partial charge in [0.2, 0.25) is 10.0 Å². The maximum Gasteiger partial charge on any atom is 0.211 e. The lowest BCUT2D eigenvalue weighted by Gasteiger charge is -2.32. The average Bonchev–Trinajstić information content (AvgIpc) is 2.80. The number of hydrogen-bond acceptors (Lipinski definition) is 4. The van der Waals surface area contributed by atoms with E-state index in [0.717, 1.165) is 45.1 Å².